The summed E-state index contributed by atoms with van der Waals surface area (Å²) < 4.78 is 0. The monoisotopic (exact) mass is 289 g/mol. The molecule has 0 spiro atoms. The number of benzene rings is 1. The summed E-state index contributed by atoms with van der Waals surface area (Å²) in [5.41, 5.74) is 2.20. The SMILES string of the molecule is Cc1cc([C@]2(C)CCCN2[C@@H]2CCNC2)ccc1[N+](=O)[O-]. The molecule has 1 N–H and O–H groups in total. The number of hydrogen-bond donors (Lipinski definition) is 1. The van der Waals surface area contributed by atoms with Gasteiger partial charge in [0.2, 0.25) is 0 Å². The number of nitro groups is 1. The lowest BCUT2D eigenvalue weighted by molar-refractivity contribution is -0.385. The van der Waals surface area contributed by atoms with Gasteiger partial charge in [0.15, 0.2) is 0 Å². The molecule has 114 valence electrons. The van der Waals surface area contributed by atoms with Crippen LogP contribution in [0.5, 0.6) is 0 Å². The van der Waals surface area contributed by atoms with E-state index in [1.54, 1.807) is 6.07 Å². The molecule has 2 saturated heterocycles. The van der Waals surface area contributed by atoms with Crippen molar-refractivity contribution in [3.63, 3.8) is 0 Å². The molecule has 5 nitrogen and oxygen atoms in total. The average Bonchev–Trinajstić information content (AvgIpc) is 3.07. The second-order valence-electron chi connectivity index (χ2n) is 6.48. The van der Waals surface area contributed by atoms with Crippen LogP contribution in [0, 0.1) is 17.0 Å². The normalized spacial score (nSPS) is 29.9. The largest absolute Gasteiger partial charge is 0.315 e. The third-order valence-corrected chi connectivity index (χ3v) is 5.19. The molecule has 3 rings (SSSR count). The van der Waals surface area contributed by atoms with E-state index in [1.807, 2.05) is 19.1 Å². The van der Waals surface area contributed by atoms with Crippen molar-refractivity contribution in [1.29, 1.82) is 0 Å². The molecule has 0 unspecified atom stereocenters. The van der Waals surface area contributed by atoms with Crippen LogP contribution in [0.3, 0.4) is 0 Å². The van der Waals surface area contributed by atoms with Crippen molar-refractivity contribution < 1.29 is 4.92 Å². The van der Waals surface area contributed by atoms with E-state index in [-0.39, 0.29) is 16.1 Å². The first kappa shape index (κ1) is 14.5. The zero-order valence-electron chi connectivity index (χ0n) is 12.8. The van der Waals surface area contributed by atoms with Crippen molar-refractivity contribution in [2.45, 2.75) is 44.7 Å². The predicted molar refractivity (Wildman–Crippen MR) is 82.4 cm³/mol. The van der Waals surface area contributed by atoms with E-state index in [0.29, 0.717) is 6.04 Å². The van der Waals surface area contributed by atoms with Crippen LogP contribution >= 0.6 is 0 Å². The Labute approximate surface area is 125 Å². The Balaban J connectivity index is 1.93. The van der Waals surface area contributed by atoms with Crippen LogP contribution < -0.4 is 5.32 Å². The molecule has 21 heavy (non-hydrogen) atoms. The molecule has 0 saturated carbocycles. The number of aryl methyl sites for hydroxylation is 1. The van der Waals surface area contributed by atoms with Crippen LogP contribution in [0.1, 0.15) is 37.3 Å². The van der Waals surface area contributed by atoms with Crippen molar-refractivity contribution in [2.24, 2.45) is 0 Å². The Morgan fingerprint density at radius 3 is 2.90 bits per heavy atom. The molecule has 2 aliphatic rings. The van der Waals surface area contributed by atoms with E-state index < -0.39 is 0 Å². The lowest BCUT2D eigenvalue weighted by Crippen LogP contribution is -2.46. The summed E-state index contributed by atoms with van der Waals surface area (Å²) in [6.45, 7) is 7.40. The molecule has 1 aromatic rings. The first-order valence-corrected chi connectivity index (χ1v) is 7.75. The van der Waals surface area contributed by atoms with Crippen molar-refractivity contribution in [1.82, 2.24) is 10.2 Å². The first-order chi connectivity index (χ1) is 10.0. The molecular weight excluding hydrogens is 266 g/mol. The van der Waals surface area contributed by atoms with Gasteiger partial charge in [0, 0.05) is 29.8 Å². The zero-order chi connectivity index (χ0) is 15.0. The van der Waals surface area contributed by atoms with Gasteiger partial charge in [-0.15, -0.1) is 0 Å². The molecule has 0 aliphatic carbocycles. The summed E-state index contributed by atoms with van der Waals surface area (Å²) in [4.78, 5) is 13.3. The highest BCUT2D eigenvalue weighted by atomic mass is 16.6. The molecule has 5 heteroatoms. The minimum Gasteiger partial charge on any atom is -0.315 e. The maximum absolute atomic E-state index is 11.0. The van der Waals surface area contributed by atoms with Gasteiger partial charge in [-0.05, 0) is 57.8 Å². The number of nitrogens with one attached hydrogen (secondary N) is 1. The van der Waals surface area contributed by atoms with Crippen LogP contribution in [0.4, 0.5) is 5.69 Å². The highest BCUT2D eigenvalue weighted by molar-refractivity contribution is 5.44. The Kier molecular flexibility index (Phi) is 3.71. The Bertz CT molecular complexity index is 554. The maximum atomic E-state index is 11.0. The second kappa shape index (κ2) is 5.39. The molecule has 2 fully saturated rings. The van der Waals surface area contributed by atoms with Crippen LogP contribution in [0.2, 0.25) is 0 Å². The fourth-order valence-corrected chi connectivity index (χ4v) is 3.98. The molecule has 2 atom stereocenters. The Hall–Kier alpha value is -1.46. The van der Waals surface area contributed by atoms with Crippen LogP contribution in [-0.2, 0) is 5.54 Å². The van der Waals surface area contributed by atoms with Crippen molar-refractivity contribution in [3.8, 4) is 0 Å². The van der Waals surface area contributed by atoms with Crippen molar-refractivity contribution in [2.75, 3.05) is 19.6 Å². The van der Waals surface area contributed by atoms with E-state index in [2.05, 4.69) is 17.1 Å². The standard InChI is InChI=1S/C16H23N3O2/c1-12-10-13(4-5-15(12)19(20)21)16(2)7-3-9-18(16)14-6-8-17-11-14/h4-5,10,14,17H,3,6-9,11H2,1-2H3/t14-,16+/m1/s1. The summed E-state index contributed by atoms with van der Waals surface area (Å²) in [5, 5.41) is 14.4. The van der Waals surface area contributed by atoms with E-state index in [1.165, 1.54) is 18.4 Å². The minimum atomic E-state index is -0.297. The molecule has 0 aromatic heterocycles. The van der Waals surface area contributed by atoms with E-state index in [0.717, 1.165) is 31.6 Å². The lowest BCUT2D eigenvalue weighted by atomic mass is 9.87. The molecule has 0 bridgehead atoms. The van der Waals surface area contributed by atoms with Gasteiger partial charge >= 0.3 is 0 Å². The van der Waals surface area contributed by atoms with Crippen molar-refractivity contribution >= 4 is 5.69 Å². The smallest absolute Gasteiger partial charge is 0.272 e. The van der Waals surface area contributed by atoms with E-state index in [9.17, 15) is 10.1 Å². The molecule has 2 aliphatic heterocycles. The maximum Gasteiger partial charge on any atom is 0.272 e. The quantitative estimate of drug-likeness (QED) is 0.686. The fourth-order valence-electron chi connectivity index (χ4n) is 3.98. The van der Waals surface area contributed by atoms with Gasteiger partial charge in [0.1, 0.15) is 0 Å². The number of nitro benzene ring substituents is 1. The van der Waals surface area contributed by atoms with Gasteiger partial charge in [-0.3, -0.25) is 15.0 Å². The Morgan fingerprint density at radius 1 is 1.48 bits per heavy atom. The van der Waals surface area contributed by atoms with E-state index >= 15 is 0 Å². The first-order valence-electron chi connectivity index (χ1n) is 7.75. The molecule has 2 heterocycles. The highest BCUT2D eigenvalue weighted by Gasteiger charge is 2.42. The summed E-state index contributed by atoms with van der Waals surface area (Å²) in [6.07, 6.45) is 3.52. The molecule has 0 radical (unpaired) electrons. The summed E-state index contributed by atoms with van der Waals surface area (Å²) in [5.74, 6) is 0. The molecule has 0 amide bonds. The third-order valence-electron chi connectivity index (χ3n) is 5.19. The highest BCUT2D eigenvalue weighted by Crippen LogP contribution is 2.41. The van der Waals surface area contributed by atoms with Gasteiger partial charge in [-0.1, -0.05) is 6.07 Å². The molecule has 1 aromatic carbocycles. The van der Waals surface area contributed by atoms with E-state index in [4.69, 9.17) is 0 Å². The summed E-state index contributed by atoms with van der Waals surface area (Å²) >= 11 is 0. The predicted octanol–water partition coefficient (Wildman–Crippen LogP) is 2.58. The van der Waals surface area contributed by atoms with Crippen LogP contribution in [0.15, 0.2) is 18.2 Å². The van der Waals surface area contributed by atoms with Gasteiger partial charge < -0.3 is 5.32 Å². The van der Waals surface area contributed by atoms with Gasteiger partial charge in [0.05, 0.1) is 4.92 Å². The van der Waals surface area contributed by atoms with Gasteiger partial charge in [-0.25, -0.2) is 0 Å². The summed E-state index contributed by atoms with van der Waals surface area (Å²) in [6, 6.07) is 6.22. The number of rotatable bonds is 3. The van der Waals surface area contributed by atoms with Crippen molar-refractivity contribution in [3.05, 3.63) is 39.4 Å². The van der Waals surface area contributed by atoms with Gasteiger partial charge in [0.25, 0.3) is 5.69 Å². The zero-order valence-corrected chi connectivity index (χ0v) is 12.8. The lowest BCUT2D eigenvalue weighted by Gasteiger charge is -2.40. The average molecular weight is 289 g/mol. The van der Waals surface area contributed by atoms with Gasteiger partial charge in [-0.2, -0.15) is 0 Å². The summed E-state index contributed by atoms with van der Waals surface area (Å²) in [7, 11) is 0. The Morgan fingerprint density at radius 2 is 2.29 bits per heavy atom. The topological polar surface area (TPSA) is 58.4 Å². The van der Waals surface area contributed by atoms with Crippen LogP contribution in [-0.4, -0.2) is 35.5 Å². The molecular formula is C16H23N3O2. The van der Waals surface area contributed by atoms with Crippen LogP contribution in [0.25, 0.3) is 0 Å². The number of hydrogen-bond acceptors (Lipinski definition) is 4. The number of likely N-dealkylation sites (tertiary alicyclic amines) is 1. The minimum absolute atomic E-state index is 0.0105. The number of nitrogens with zero attached hydrogens (tertiary/aromatic N) is 2. The fraction of sp³-hybridized carbons (Fsp3) is 0.625. The third kappa shape index (κ3) is 2.45. The second-order valence-corrected chi connectivity index (χ2v) is 6.48.